The van der Waals surface area contributed by atoms with Gasteiger partial charge in [0.2, 0.25) is 5.91 Å². The van der Waals surface area contributed by atoms with E-state index in [2.05, 4.69) is 15.6 Å². The number of amides is 2. The molecule has 3 N–H and O–H groups in total. The van der Waals surface area contributed by atoms with Crippen molar-refractivity contribution in [1.82, 2.24) is 10.3 Å². The highest BCUT2D eigenvalue weighted by atomic mass is 16.2. The molecule has 0 unspecified atom stereocenters. The monoisotopic (exact) mass is 411 g/mol. The van der Waals surface area contributed by atoms with E-state index in [0.29, 0.717) is 17.7 Å². The molecule has 3 aromatic carbocycles. The van der Waals surface area contributed by atoms with Gasteiger partial charge in [0.15, 0.2) is 0 Å². The predicted octanol–water partition coefficient (Wildman–Crippen LogP) is 5.15. The van der Waals surface area contributed by atoms with Gasteiger partial charge in [-0.3, -0.25) is 9.59 Å². The van der Waals surface area contributed by atoms with Crippen molar-refractivity contribution < 1.29 is 9.59 Å². The van der Waals surface area contributed by atoms with Gasteiger partial charge in [-0.15, -0.1) is 0 Å². The molecule has 5 heteroatoms. The number of aryl methyl sites for hydroxylation is 1. The van der Waals surface area contributed by atoms with Crippen molar-refractivity contribution in [3.63, 3.8) is 0 Å². The lowest BCUT2D eigenvalue weighted by Crippen LogP contribution is -2.28. The summed E-state index contributed by atoms with van der Waals surface area (Å²) >= 11 is 0. The van der Waals surface area contributed by atoms with E-state index >= 15 is 0 Å². The van der Waals surface area contributed by atoms with Crippen LogP contribution in [0.5, 0.6) is 0 Å². The highest BCUT2D eigenvalue weighted by Gasteiger charge is 2.15. The van der Waals surface area contributed by atoms with Gasteiger partial charge in [-0.2, -0.15) is 0 Å². The van der Waals surface area contributed by atoms with E-state index in [1.165, 1.54) is 0 Å². The molecule has 0 bridgehead atoms. The summed E-state index contributed by atoms with van der Waals surface area (Å²) in [6, 6.07) is 24.5. The Morgan fingerprint density at radius 2 is 1.68 bits per heavy atom. The first kappa shape index (κ1) is 20.4. The maximum atomic E-state index is 12.7. The van der Waals surface area contributed by atoms with Crippen LogP contribution in [0.1, 0.15) is 40.1 Å². The largest absolute Gasteiger partial charge is 0.358 e. The Labute approximate surface area is 181 Å². The second kappa shape index (κ2) is 8.88. The van der Waals surface area contributed by atoms with E-state index < -0.39 is 0 Å². The number of nitrogens with one attached hydrogen (secondary N) is 3. The minimum Gasteiger partial charge on any atom is -0.358 e. The second-order valence-corrected chi connectivity index (χ2v) is 7.69. The molecule has 31 heavy (non-hydrogen) atoms. The lowest BCUT2D eigenvalue weighted by molar-refractivity contribution is -0.121. The molecule has 1 heterocycles. The van der Waals surface area contributed by atoms with Gasteiger partial charge >= 0.3 is 0 Å². The Bertz CT molecular complexity index is 1230. The zero-order valence-electron chi connectivity index (χ0n) is 17.6. The number of hydrogen-bond acceptors (Lipinski definition) is 2. The van der Waals surface area contributed by atoms with Crippen LogP contribution in [0.25, 0.3) is 10.9 Å². The first-order valence-corrected chi connectivity index (χ1v) is 10.3. The van der Waals surface area contributed by atoms with Crippen LogP contribution in [0.15, 0.2) is 78.9 Å². The average Bonchev–Trinajstić information content (AvgIpc) is 3.09. The van der Waals surface area contributed by atoms with E-state index in [0.717, 1.165) is 27.7 Å². The number of anilines is 1. The molecule has 0 radical (unpaired) electrons. The van der Waals surface area contributed by atoms with Crippen LogP contribution in [-0.4, -0.2) is 16.8 Å². The zero-order valence-corrected chi connectivity index (χ0v) is 17.6. The maximum Gasteiger partial charge on any atom is 0.255 e. The smallest absolute Gasteiger partial charge is 0.255 e. The Morgan fingerprint density at radius 3 is 2.48 bits per heavy atom. The van der Waals surface area contributed by atoms with Crippen LogP contribution < -0.4 is 10.6 Å². The molecule has 4 rings (SSSR count). The number of fused-ring (bicyclic) bond motifs is 1. The Hall–Kier alpha value is -3.86. The number of carbonyl (C=O) groups is 2. The van der Waals surface area contributed by atoms with Crippen LogP contribution in [0.4, 0.5) is 5.69 Å². The highest BCUT2D eigenvalue weighted by molar-refractivity contribution is 6.04. The fourth-order valence-electron chi connectivity index (χ4n) is 3.78. The van der Waals surface area contributed by atoms with Crippen molar-refractivity contribution in [2.24, 2.45) is 0 Å². The molecule has 1 atom stereocenters. The van der Waals surface area contributed by atoms with Crippen molar-refractivity contribution in [3.05, 3.63) is 101 Å². The molecular weight excluding hydrogens is 386 g/mol. The summed E-state index contributed by atoms with van der Waals surface area (Å²) in [6.45, 7) is 3.93. The maximum absolute atomic E-state index is 12.7. The second-order valence-electron chi connectivity index (χ2n) is 7.69. The van der Waals surface area contributed by atoms with E-state index in [1.54, 1.807) is 12.1 Å². The summed E-state index contributed by atoms with van der Waals surface area (Å²) in [5.74, 6) is -0.205. The van der Waals surface area contributed by atoms with Gasteiger partial charge in [-0.25, -0.2) is 0 Å². The topological polar surface area (TPSA) is 74.0 Å². The molecule has 0 saturated heterocycles. The summed E-state index contributed by atoms with van der Waals surface area (Å²) in [5, 5.41) is 7.07. The van der Waals surface area contributed by atoms with Crippen LogP contribution in [-0.2, 0) is 11.2 Å². The predicted molar refractivity (Wildman–Crippen MR) is 124 cm³/mol. The highest BCUT2D eigenvalue weighted by Crippen LogP contribution is 2.23. The van der Waals surface area contributed by atoms with Crippen molar-refractivity contribution >= 4 is 28.4 Å². The third kappa shape index (κ3) is 4.67. The van der Waals surface area contributed by atoms with Crippen LogP contribution in [0.3, 0.4) is 0 Å². The summed E-state index contributed by atoms with van der Waals surface area (Å²) in [5.41, 5.74) is 5.29. The first-order chi connectivity index (χ1) is 15.0. The summed E-state index contributed by atoms with van der Waals surface area (Å²) in [7, 11) is 0. The van der Waals surface area contributed by atoms with E-state index in [9.17, 15) is 9.59 Å². The summed E-state index contributed by atoms with van der Waals surface area (Å²) < 4.78 is 0. The lowest BCUT2D eigenvalue weighted by Gasteiger charge is -2.16. The number of hydrogen-bond donors (Lipinski definition) is 3. The number of H-pyrrole nitrogens is 1. The van der Waals surface area contributed by atoms with Crippen molar-refractivity contribution in [2.75, 3.05) is 5.32 Å². The fourth-order valence-corrected chi connectivity index (χ4v) is 3.78. The molecule has 1 aromatic heterocycles. The molecule has 4 aromatic rings. The summed E-state index contributed by atoms with van der Waals surface area (Å²) in [6.07, 6.45) is 0.310. The van der Waals surface area contributed by atoms with E-state index in [4.69, 9.17) is 0 Å². The van der Waals surface area contributed by atoms with Gasteiger partial charge in [0.05, 0.1) is 12.5 Å². The van der Waals surface area contributed by atoms with Gasteiger partial charge in [0.25, 0.3) is 5.91 Å². The Kier molecular flexibility index (Phi) is 5.85. The van der Waals surface area contributed by atoms with Gasteiger partial charge in [-0.1, -0.05) is 48.5 Å². The molecule has 0 aliphatic rings. The Morgan fingerprint density at radius 1 is 0.935 bits per heavy atom. The minimum absolute atomic E-state index is 0.0425. The van der Waals surface area contributed by atoms with Crippen LogP contribution >= 0.6 is 0 Å². The standard InChI is InChI=1S/C26H25N3O2/c1-17(28-25(30)16-23-18(2)27-24-14-7-6-13-22(23)24)20-11-8-12-21(15-20)29-26(31)19-9-4-3-5-10-19/h3-15,17,27H,16H2,1-2H3,(H,28,30)(H,29,31)/t17-/m1/s1. The zero-order chi connectivity index (χ0) is 21.8. The summed E-state index contributed by atoms with van der Waals surface area (Å²) in [4.78, 5) is 28.5. The molecular formula is C26H25N3O2. The molecule has 0 aliphatic heterocycles. The van der Waals surface area contributed by atoms with Gasteiger partial charge in [0.1, 0.15) is 0 Å². The molecule has 0 fully saturated rings. The first-order valence-electron chi connectivity index (χ1n) is 10.3. The normalized spacial score (nSPS) is 11.8. The number of para-hydroxylation sites is 1. The molecule has 0 spiro atoms. The van der Waals surface area contributed by atoms with E-state index in [1.807, 2.05) is 80.6 Å². The van der Waals surface area contributed by atoms with Gasteiger partial charge < -0.3 is 15.6 Å². The number of carbonyl (C=O) groups excluding carboxylic acids is 2. The van der Waals surface area contributed by atoms with E-state index in [-0.39, 0.29) is 17.9 Å². The Balaban J connectivity index is 1.43. The number of aromatic amines is 1. The lowest BCUT2D eigenvalue weighted by atomic mass is 10.1. The van der Waals surface area contributed by atoms with Crippen LogP contribution in [0.2, 0.25) is 0 Å². The molecule has 0 aliphatic carbocycles. The van der Waals surface area contributed by atoms with Crippen molar-refractivity contribution in [2.45, 2.75) is 26.3 Å². The number of aromatic nitrogens is 1. The number of rotatable bonds is 6. The third-order valence-corrected chi connectivity index (χ3v) is 5.42. The molecule has 2 amide bonds. The fraction of sp³-hybridized carbons (Fsp3) is 0.154. The SMILES string of the molecule is Cc1[nH]c2ccccc2c1CC(=O)N[C@H](C)c1cccc(NC(=O)c2ccccc2)c1. The molecule has 0 saturated carbocycles. The minimum atomic E-state index is -0.188. The third-order valence-electron chi connectivity index (χ3n) is 5.42. The number of benzene rings is 3. The molecule has 156 valence electrons. The van der Waals surface area contributed by atoms with Crippen molar-refractivity contribution in [3.8, 4) is 0 Å². The van der Waals surface area contributed by atoms with Gasteiger partial charge in [-0.05, 0) is 55.3 Å². The van der Waals surface area contributed by atoms with Crippen LogP contribution in [0, 0.1) is 6.92 Å². The van der Waals surface area contributed by atoms with Gasteiger partial charge in [0, 0.05) is 27.8 Å². The molecule has 5 nitrogen and oxygen atoms in total. The quantitative estimate of drug-likeness (QED) is 0.411. The van der Waals surface area contributed by atoms with Crippen molar-refractivity contribution in [1.29, 1.82) is 0 Å². The average molecular weight is 412 g/mol.